The normalized spacial score (nSPS) is 13.3. The van der Waals surface area contributed by atoms with Crippen LogP contribution in [0, 0.1) is 0 Å². The molecule has 1 aromatic heterocycles. The monoisotopic (exact) mass is 260 g/mol. The second-order valence-corrected chi connectivity index (χ2v) is 5.01. The first kappa shape index (κ1) is 11.2. The molecule has 0 aliphatic carbocycles. The van der Waals surface area contributed by atoms with Gasteiger partial charge in [0.15, 0.2) is 0 Å². The van der Waals surface area contributed by atoms with Crippen LogP contribution in [0.5, 0.6) is 0 Å². The Labute approximate surface area is 116 Å². The number of hydrogen-bond acceptors (Lipinski definition) is 2. The maximum Gasteiger partial charge on any atom is 0.228 e. The number of carbonyl (C=O) groups excluding carboxylic acids is 1. The maximum absolute atomic E-state index is 11.4. The highest BCUT2D eigenvalue weighted by atomic mass is 16.1. The lowest BCUT2D eigenvalue weighted by Gasteiger charge is -2.07. The van der Waals surface area contributed by atoms with Crippen molar-refractivity contribution < 1.29 is 4.79 Å². The lowest BCUT2D eigenvalue weighted by Crippen LogP contribution is -2.03. The minimum atomic E-state index is 0.0631. The largest absolute Gasteiger partial charge is 0.326 e. The number of pyridine rings is 1. The molecule has 0 bridgehead atoms. The van der Waals surface area contributed by atoms with Gasteiger partial charge in [-0.1, -0.05) is 30.3 Å². The summed E-state index contributed by atoms with van der Waals surface area (Å²) >= 11 is 0. The molecule has 0 spiro atoms. The number of aromatic nitrogens is 1. The molecule has 3 nitrogen and oxygen atoms in total. The van der Waals surface area contributed by atoms with E-state index in [4.69, 9.17) is 0 Å². The van der Waals surface area contributed by atoms with Crippen LogP contribution < -0.4 is 5.32 Å². The van der Waals surface area contributed by atoms with E-state index in [0.29, 0.717) is 6.42 Å². The van der Waals surface area contributed by atoms with E-state index in [9.17, 15) is 4.79 Å². The number of rotatable bonds is 1. The summed E-state index contributed by atoms with van der Waals surface area (Å²) in [6.07, 6.45) is 4.22. The zero-order valence-electron chi connectivity index (χ0n) is 10.8. The Bertz CT molecular complexity index is 834. The predicted octanol–water partition coefficient (Wildman–Crippen LogP) is 3.40. The van der Waals surface area contributed by atoms with Crippen LogP contribution in [0.3, 0.4) is 0 Å². The maximum atomic E-state index is 11.4. The molecule has 20 heavy (non-hydrogen) atoms. The predicted molar refractivity (Wildman–Crippen MR) is 79.5 cm³/mol. The van der Waals surface area contributed by atoms with E-state index >= 15 is 0 Å². The van der Waals surface area contributed by atoms with Crippen molar-refractivity contribution in [3.05, 3.63) is 60.4 Å². The van der Waals surface area contributed by atoms with Crippen molar-refractivity contribution in [3.8, 4) is 11.1 Å². The second-order valence-electron chi connectivity index (χ2n) is 5.01. The van der Waals surface area contributed by atoms with Gasteiger partial charge in [-0.05, 0) is 28.6 Å². The second kappa shape index (κ2) is 4.17. The summed E-state index contributed by atoms with van der Waals surface area (Å²) in [5.74, 6) is 0.0631. The number of benzene rings is 2. The third-order valence-electron chi connectivity index (χ3n) is 3.71. The van der Waals surface area contributed by atoms with Crippen LogP contribution in [0.4, 0.5) is 5.69 Å². The number of hydrogen-bond donors (Lipinski definition) is 1. The van der Waals surface area contributed by atoms with Crippen LogP contribution in [0.15, 0.2) is 54.9 Å². The first-order valence-corrected chi connectivity index (χ1v) is 6.57. The third kappa shape index (κ3) is 1.67. The van der Waals surface area contributed by atoms with Crippen LogP contribution in [-0.2, 0) is 11.2 Å². The number of nitrogens with one attached hydrogen (secondary N) is 1. The zero-order chi connectivity index (χ0) is 13.5. The Morgan fingerprint density at radius 3 is 2.90 bits per heavy atom. The van der Waals surface area contributed by atoms with E-state index in [1.54, 1.807) is 0 Å². The first-order valence-electron chi connectivity index (χ1n) is 6.57. The molecular formula is C17H12N2O. The van der Waals surface area contributed by atoms with E-state index in [1.165, 1.54) is 5.39 Å². The summed E-state index contributed by atoms with van der Waals surface area (Å²) < 4.78 is 0. The molecule has 2 aromatic carbocycles. The van der Waals surface area contributed by atoms with Gasteiger partial charge in [-0.2, -0.15) is 0 Å². The quantitative estimate of drug-likeness (QED) is 0.728. The molecule has 1 aliphatic heterocycles. The fourth-order valence-electron chi connectivity index (χ4n) is 2.74. The lowest BCUT2D eigenvalue weighted by molar-refractivity contribution is -0.115. The minimum Gasteiger partial charge on any atom is -0.326 e. The summed E-state index contributed by atoms with van der Waals surface area (Å²) in [7, 11) is 0. The highest BCUT2D eigenvalue weighted by Gasteiger charge is 2.18. The van der Waals surface area contributed by atoms with Gasteiger partial charge in [0.2, 0.25) is 5.91 Å². The Balaban J connectivity index is 1.92. The van der Waals surface area contributed by atoms with Gasteiger partial charge in [-0.3, -0.25) is 9.78 Å². The Hall–Kier alpha value is -2.68. The van der Waals surface area contributed by atoms with E-state index in [1.807, 2.05) is 36.7 Å². The molecule has 0 radical (unpaired) electrons. The Morgan fingerprint density at radius 1 is 1.05 bits per heavy atom. The van der Waals surface area contributed by atoms with E-state index in [0.717, 1.165) is 27.8 Å². The molecule has 3 heteroatoms. The summed E-state index contributed by atoms with van der Waals surface area (Å²) in [6.45, 7) is 0. The molecule has 0 saturated heterocycles. The van der Waals surface area contributed by atoms with Gasteiger partial charge in [0, 0.05) is 29.0 Å². The summed E-state index contributed by atoms with van der Waals surface area (Å²) in [6, 6.07) is 14.3. The van der Waals surface area contributed by atoms with Gasteiger partial charge >= 0.3 is 0 Å². The molecule has 0 saturated carbocycles. The van der Waals surface area contributed by atoms with E-state index in [-0.39, 0.29) is 5.91 Å². The number of nitrogens with zero attached hydrogens (tertiary/aromatic N) is 1. The average molecular weight is 260 g/mol. The van der Waals surface area contributed by atoms with Gasteiger partial charge in [0.25, 0.3) is 0 Å². The lowest BCUT2D eigenvalue weighted by atomic mass is 9.98. The highest BCUT2D eigenvalue weighted by molar-refractivity contribution is 6.01. The number of amides is 1. The molecule has 2 heterocycles. The summed E-state index contributed by atoms with van der Waals surface area (Å²) in [5.41, 5.74) is 4.18. The van der Waals surface area contributed by atoms with Gasteiger partial charge < -0.3 is 5.32 Å². The minimum absolute atomic E-state index is 0.0631. The molecule has 0 fully saturated rings. The SMILES string of the molecule is O=C1Cc2cc(-c3cncc4ccccc34)ccc2N1. The molecule has 96 valence electrons. The molecule has 1 amide bonds. The van der Waals surface area contributed by atoms with Crippen LogP contribution in [0.1, 0.15) is 5.56 Å². The summed E-state index contributed by atoms with van der Waals surface area (Å²) in [5, 5.41) is 5.16. The first-order chi connectivity index (χ1) is 9.81. The standard InChI is InChI=1S/C17H12N2O/c20-17-8-13-7-11(5-6-16(13)19-17)15-10-18-9-12-3-1-2-4-14(12)15/h1-7,9-10H,8H2,(H,19,20). The number of fused-ring (bicyclic) bond motifs is 2. The van der Waals surface area contributed by atoms with E-state index < -0.39 is 0 Å². The van der Waals surface area contributed by atoms with Crippen LogP contribution in [0.2, 0.25) is 0 Å². The smallest absolute Gasteiger partial charge is 0.228 e. The third-order valence-corrected chi connectivity index (χ3v) is 3.71. The number of carbonyl (C=O) groups is 1. The van der Waals surface area contributed by atoms with Crippen molar-refractivity contribution in [3.63, 3.8) is 0 Å². The van der Waals surface area contributed by atoms with Crippen molar-refractivity contribution >= 4 is 22.4 Å². The van der Waals surface area contributed by atoms with Crippen molar-refractivity contribution in [2.75, 3.05) is 5.32 Å². The van der Waals surface area contributed by atoms with E-state index in [2.05, 4.69) is 28.5 Å². The van der Waals surface area contributed by atoms with Crippen molar-refractivity contribution in [2.45, 2.75) is 6.42 Å². The average Bonchev–Trinajstić information content (AvgIpc) is 2.85. The van der Waals surface area contributed by atoms with Crippen molar-refractivity contribution in [1.29, 1.82) is 0 Å². The molecular weight excluding hydrogens is 248 g/mol. The van der Waals surface area contributed by atoms with Crippen LogP contribution >= 0.6 is 0 Å². The molecule has 0 atom stereocenters. The van der Waals surface area contributed by atoms with Gasteiger partial charge in [0.05, 0.1) is 6.42 Å². The fourth-order valence-corrected chi connectivity index (χ4v) is 2.74. The fraction of sp³-hybridized carbons (Fsp3) is 0.0588. The topological polar surface area (TPSA) is 42.0 Å². The Morgan fingerprint density at radius 2 is 1.95 bits per heavy atom. The van der Waals surface area contributed by atoms with Gasteiger partial charge in [-0.15, -0.1) is 0 Å². The molecule has 3 aromatic rings. The zero-order valence-corrected chi connectivity index (χ0v) is 10.8. The number of anilines is 1. The van der Waals surface area contributed by atoms with Crippen LogP contribution in [0.25, 0.3) is 21.9 Å². The molecule has 1 N–H and O–H groups in total. The van der Waals surface area contributed by atoms with Gasteiger partial charge in [-0.25, -0.2) is 0 Å². The van der Waals surface area contributed by atoms with Gasteiger partial charge in [0.1, 0.15) is 0 Å². The van der Waals surface area contributed by atoms with Crippen molar-refractivity contribution in [1.82, 2.24) is 4.98 Å². The van der Waals surface area contributed by atoms with Crippen LogP contribution in [-0.4, -0.2) is 10.9 Å². The van der Waals surface area contributed by atoms with Crippen molar-refractivity contribution in [2.24, 2.45) is 0 Å². The highest BCUT2D eigenvalue weighted by Crippen LogP contribution is 2.32. The molecule has 1 aliphatic rings. The summed E-state index contributed by atoms with van der Waals surface area (Å²) in [4.78, 5) is 15.8. The molecule has 0 unspecified atom stereocenters. The molecule has 4 rings (SSSR count). The Kier molecular flexibility index (Phi) is 2.33.